The van der Waals surface area contributed by atoms with Crippen LogP contribution in [0.25, 0.3) is 0 Å². The number of aryl methyl sites for hydroxylation is 1. The quantitative estimate of drug-likeness (QED) is 0.748. The first kappa shape index (κ1) is 22.5. The lowest BCUT2D eigenvalue weighted by molar-refractivity contribution is -0.138. The summed E-state index contributed by atoms with van der Waals surface area (Å²) < 4.78 is 5.31. The zero-order valence-electron chi connectivity index (χ0n) is 18.2. The number of amides is 3. The fourth-order valence-corrected chi connectivity index (χ4v) is 3.40. The lowest BCUT2D eigenvalue weighted by Crippen LogP contribution is -2.53. The molecule has 0 aromatic heterocycles. The van der Waals surface area contributed by atoms with Crippen LogP contribution >= 0.6 is 0 Å². The number of carbonyl (C=O) groups excluding carboxylic acids is 3. The Balaban J connectivity index is 1.75. The molecule has 1 saturated heterocycles. The smallest absolute Gasteiger partial charge is 0.255 e. The van der Waals surface area contributed by atoms with E-state index in [1.165, 1.54) is 0 Å². The Morgan fingerprint density at radius 1 is 0.935 bits per heavy atom. The Hall–Kier alpha value is -3.19. The molecular weight excluding hydrogens is 394 g/mol. The Morgan fingerprint density at radius 2 is 1.58 bits per heavy atom. The maximum atomic E-state index is 13.1. The van der Waals surface area contributed by atoms with Gasteiger partial charge in [0.05, 0.1) is 24.5 Å². The summed E-state index contributed by atoms with van der Waals surface area (Å²) in [4.78, 5) is 40.4. The number of nitrogens with one attached hydrogen (secondary N) is 2. The van der Waals surface area contributed by atoms with Crippen LogP contribution in [0.3, 0.4) is 0 Å². The Kier molecular flexibility index (Phi) is 7.41. The summed E-state index contributed by atoms with van der Waals surface area (Å²) in [5, 5.41) is 5.68. The number of carbonyl (C=O) groups is 3. The molecule has 3 amide bonds. The van der Waals surface area contributed by atoms with Crippen LogP contribution in [0.4, 0.5) is 5.69 Å². The van der Waals surface area contributed by atoms with Crippen LogP contribution in [0.5, 0.6) is 0 Å². The van der Waals surface area contributed by atoms with Gasteiger partial charge >= 0.3 is 0 Å². The fraction of sp³-hybridized carbons (Fsp3) is 0.375. The summed E-state index contributed by atoms with van der Waals surface area (Å²) >= 11 is 0. The van der Waals surface area contributed by atoms with Gasteiger partial charge in [0.1, 0.15) is 6.04 Å². The zero-order valence-corrected chi connectivity index (χ0v) is 18.2. The minimum atomic E-state index is -0.661. The van der Waals surface area contributed by atoms with Crippen molar-refractivity contribution in [2.24, 2.45) is 5.92 Å². The first-order chi connectivity index (χ1) is 14.9. The van der Waals surface area contributed by atoms with Crippen molar-refractivity contribution in [1.29, 1.82) is 0 Å². The summed E-state index contributed by atoms with van der Waals surface area (Å²) in [7, 11) is 0. The maximum absolute atomic E-state index is 13.1. The topological polar surface area (TPSA) is 87.7 Å². The van der Waals surface area contributed by atoms with Gasteiger partial charge in [-0.1, -0.05) is 43.7 Å². The van der Waals surface area contributed by atoms with E-state index < -0.39 is 11.9 Å². The molecule has 7 nitrogen and oxygen atoms in total. The largest absolute Gasteiger partial charge is 0.378 e. The van der Waals surface area contributed by atoms with Gasteiger partial charge in [-0.2, -0.15) is 0 Å². The molecule has 0 saturated carbocycles. The van der Waals surface area contributed by atoms with E-state index >= 15 is 0 Å². The van der Waals surface area contributed by atoms with Crippen molar-refractivity contribution in [3.63, 3.8) is 0 Å². The van der Waals surface area contributed by atoms with E-state index in [0.29, 0.717) is 43.1 Å². The van der Waals surface area contributed by atoms with Crippen LogP contribution in [0, 0.1) is 12.8 Å². The summed E-state index contributed by atoms with van der Waals surface area (Å²) in [6.45, 7) is 7.77. The van der Waals surface area contributed by atoms with Crippen molar-refractivity contribution in [3.05, 3.63) is 65.2 Å². The van der Waals surface area contributed by atoms with Crippen molar-refractivity contribution in [1.82, 2.24) is 10.2 Å². The van der Waals surface area contributed by atoms with Gasteiger partial charge in [0.15, 0.2) is 0 Å². The van der Waals surface area contributed by atoms with Gasteiger partial charge in [-0.3, -0.25) is 14.4 Å². The molecule has 0 aliphatic carbocycles. The molecule has 2 aromatic carbocycles. The number of anilines is 1. The number of benzene rings is 2. The van der Waals surface area contributed by atoms with Crippen molar-refractivity contribution in [2.75, 3.05) is 31.6 Å². The van der Waals surface area contributed by atoms with Gasteiger partial charge in [0.25, 0.3) is 11.8 Å². The lowest BCUT2D eigenvalue weighted by atomic mass is 10.0. The molecule has 2 aromatic rings. The van der Waals surface area contributed by atoms with Crippen molar-refractivity contribution in [2.45, 2.75) is 26.8 Å². The number of rotatable bonds is 6. The van der Waals surface area contributed by atoms with E-state index in [1.807, 2.05) is 32.9 Å². The number of ether oxygens (including phenoxy) is 1. The Bertz CT molecular complexity index is 934. The fourth-order valence-electron chi connectivity index (χ4n) is 3.40. The van der Waals surface area contributed by atoms with E-state index in [4.69, 9.17) is 4.74 Å². The van der Waals surface area contributed by atoms with E-state index in [9.17, 15) is 14.4 Å². The molecule has 1 unspecified atom stereocenters. The Morgan fingerprint density at radius 3 is 2.23 bits per heavy atom. The standard InChI is InChI=1S/C24H29N3O4/c1-16(2)21(24(30)27-12-14-31-15-13-27)26-23(29)19-6-4-5-7-20(19)25-22(28)18-10-8-17(3)9-11-18/h4-11,16,21H,12-15H2,1-3H3,(H,25,28)(H,26,29). The average molecular weight is 424 g/mol. The third kappa shape index (κ3) is 5.70. The van der Waals surface area contributed by atoms with Gasteiger partial charge in [-0.25, -0.2) is 0 Å². The number of hydrogen-bond donors (Lipinski definition) is 2. The Labute approximate surface area is 182 Å². The van der Waals surface area contributed by atoms with Crippen molar-refractivity contribution in [3.8, 4) is 0 Å². The van der Waals surface area contributed by atoms with Crippen LogP contribution in [0.15, 0.2) is 48.5 Å². The third-order valence-corrected chi connectivity index (χ3v) is 5.28. The van der Waals surface area contributed by atoms with Crippen LogP contribution in [-0.4, -0.2) is 55.0 Å². The zero-order chi connectivity index (χ0) is 22.4. The average Bonchev–Trinajstić information content (AvgIpc) is 2.78. The molecule has 2 N–H and O–H groups in total. The van der Waals surface area contributed by atoms with Gasteiger partial charge in [0.2, 0.25) is 5.91 Å². The van der Waals surface area contributed by atoms with E-state index in [1.54, 1.807) is 41.3 Å². The predicted molar refractivity (Wildman–Crippen MR) is 119 cm³/mol. The molecule has 0 radical (unpaired) electrons. The van der Waals surface area contributed by atoms with Crippen molar-refractivity contribution >= 4 is 23.4 Å². The number of nitrogens with zero attached hydrogens (tertiary/aromatic N) is 1. The first-order valence-corrected chi connectivity index (χ1v) is 10.5. The summed E-state index contributed by atoms with van der Waals surface area (Å²) in [6.07, 6.45) is 0. The monoisotopic (exact) mass is 423 g/mol. The molecule has 0 bridgehead atoms. The van der Waals surface area contributed by atoms with Gasteiger partial charge in [-0.15, -0.1) is 0 Å². The molecule has 164 valence electrons. The molecule has 1 atom stereocenters. The molecule has 3 rings (SSSR count). The van der Waals surface area contributed by atoms with Crippen molar-refractivity contribution < 1.29 is 19.1 Å². The lowest BCUT2D eigenvalue weighted by Gasteiger charge is -2.32. The predicted octanol–water partition coefficient (Wildman–Crippen LogP) is 2.86. The van der Waals surface area contributed by atoms with E-state index in [0.717, 1.165) is 5.56 Å². The highest BCUT2D eigenvalue weighted by Gasteiger charge is 2.30. The maximum Gasteiger partial charge on any atom is 0.255 e. The second kappa shape index (κ2) is 10.2. The highest BCUT2D eigenvalue weighted by Crippen LogP contribution is 2.18. The van der Waals surface area contributed by atoms with E-state index in [-0.39, 0.29) is 17.7 Å². The summed E-state index contributed by atoms with van der Waals surface area (Å²) in [5.41, 5.74) is 2.26. The molecule has 1 aliphatic heterocycles. The summed E-state index contributed by atoms with van der Waals surface area (Å²) in [6, 6.07) is 13.3. The van der Waals surface area contributed by atoms with Gasteiger partial charge in [-0.05, 0) is 37.1 Å². The van der Waals surface area contributed by atoms with Crippen LogP contribution < -0.4 is 10.6 Å². The SMILES string of the molecule is Cc1ccc(C(=O)Nc2ccccc2C(=O)NC(C(=O)N2CCOCC2)C(C)C)cc1. The van der Waals surface area contributed by atoms with Gasteiger partial charge < -0.3 is 20.3 Å². The highest BCUT2D eigenvalue weighted by atomic mass is 16.5. The third-order valence-electron chi connectivity index (χ3n) is 5.28. The number of para-hydroxylation sites is 1. The molecule has 1 fully saturated rings. The van der Waals surface area contributed by atoms with Crippen LogP contribution in [0.1, 0.15) is 40.1 Å². The minimum absolute atomic E-state index is 0.0893. The molecule has 31 heavy (non-hydrogen) atoms. The van der Waals surface area contributed by atoms with Crippen LogP contribution in [0.2, 0.25) is 0 Å². The van der Waals surface area contributed by atoms with E-state index in [2.05, 4.69) is 10.6 Å². The molecule has 7 heteroatoms. The second-order valence-corrected chi connectivity index (χ2v) is 8.00. The second-order valence-electron chi connectivity index (χ2n) is 8.00. The highest BCUT2D eigenvalue weighted by molar-refractivity contribution is 6.09. The molecule has 0 spiro atoms. The summed E-state index contributed by atoms with van der Waals surface area (Å²) in [5.74, 6) is -0.911. The van der Waals surface area contributed by atoms with Crippen LogP contribution in [-0.2, 0) is 9.53 Å². The first-order valence-electron chi connectivity index (χ1n) is 10.5. The normalized spacial score (nSPS) is 14.8. The molecular formula is C24H29N3O4. The molecule has 1 aliphatic rings. The number of hydrogen-bond acceptors (Lipinski definition) is 4. The number of morpholine rings is 1. The van der Waals surface area contributed by atoms with Gasteiger partial charge in [0, 0.05) is 18.7 Å². The minimum Gasteiger partial charge on any atom is -0.378 e. The molecule has 1 heterocycles.